The van der Waals surface area contributed by atoms with Gasteiger partial charge >= 0.3 is 0 Å². The van der Waals surface area contributed by atoms with Crippen molar-refractivity contribution in [3.63, 3.8) is 0 Å². The van der Waals surface area contributed by atoms with Gasteiger partial charge in [-0.2, -0.15) is 5.10 Å². The zero-order valence-corrected chi connectivity index (χ0v) is 21.2. The Labute approximate surface area is 212 Å². The van der Waals surface area contributed by atoms with Gasteiger partial charge in [-0.25, -0.2) is 4.68 Å². The van der Waals surface area contributed by atoms with Crippen molar-refractivity contribution < 1.29 is 9.84 Å². The van der Waals surface area contributed by atoms with Gasteiger partial charge in [0, 0.05) is 41.7 Å². The van der Waals surface area contributed by atoms with Crippen molar-refractivity contribution in [1.82, 2.24) is 19.7 Å². The number of rotatable bonds is 5. The van der Waals surface area contributed by atoms with Crippen molar-refractivity contribution >= 4 is 10.9 Å². The highest BCUT2D eigenvalue weighted by atomic mass is 16.5. The van der Waals surface area contributed by atoms with Gasteiger partial charge in [0.2, 0.25) is 0 Å². The van der Waals surface area contributed by atoms with Crippen LogP contribution in [0.1, 0.15) is 54.6 Å². The van der Waals surface area contributed by atoms with E-state index in [1.165, 1.54) is 11.1 Å². The highest BCUT2D eigenvalue weighted by Gasteiger charge is 2.51. The van der Waals surface area contributed by atoms with E-state index in [-0.39, 0.29) is 5.41 Å². The molecule has 186 valence electrons. The second-order valence-electron chi connectivity index (χ2n) is 10.9. The van der Waals surface area contributed by atoms with Crippen LogP contribution >= 0.6 is 0 Å². The maximum Gasteiger partial charge on any atom is 0.0883 e. The number of ether oxygens (including phenoxy) is 1. The summed E-state index contributed by atoms with van der Waals surface area (Å²) in [7, 11) is 1.69. The van der Waals surface area contributed by atoms with Crippen molar-refractivity contribution in [3.8, 4) is 5.69 Å². The number of aryl methyl sites for hydroxylation is 2. The van der Waals surface area contributed by atoms with E-state index in [1.807, 2.05) is 42.3 Å². The molecule has 0 spiro atoms. The largest absolute Gasteiger partial charge is 0.387 e. The zero-order chi connectivity index (χ0) is 24.8. The molecular weight excluding hydrogens is 448 g/mol. The normalized spacial score (nSPS) is 25.8. The SMILES string of the molecule is COC[C@]1(O)CC[C@]2(Cc3ccccn3)c3cc4cnn(-c5ccnc(C)c5)c4cc3CCC[C@@H]2C1. The van der Waals surface area contributed by atoms with E-state index in [9.17, 15) is 5.11 Å². The Morgan fingerprint density at radius 1 is 1.11 bits per heavy atom. The summed E-state index contributed by atoms with van der Waals surface area (Å²) in [6.07, 6.45) is 12.3. The van der Waals surface area contributed by atoms with E-state index in [4.69, 9.17) is 14.8 Å². The van der Waals surface area contributed by atoms with Gasteiger partial charge in [0.05, 0.1) is 29.6 Å². The van der Waals surface area contributed by atoms with Crippen LogP contribution in [0, 0.1) is 12.8 Å². The van der Waals surface area contributed by atoms with E-state index in [0.29, 0.717) is 12.5 Å². The number of nitrogens with zero attached hydrogens (tertiary/aromatic N) is 4. The average molecular weight is 483 g/mol. The molecule has 0 bridgehead atoms. The molecule has 6 nitrogen and oxygen atoms in total. The number of aliphatic hydroxyl groups is 1. The first-order chi connectivity index (χ1) is 17.5. The number of benzene rings is 1. The molecule has 6 rings (SSSR count). The van der Waals surface area contributed by atoms with Crippen molar-refractivity contribution in [3.05, 3.63) is 83.6 Å². The summed E-state index contributed by atoms with van der Waals surface area (Å²) >= 11 is 0. The molecule has 4 aromatic rings. The third-order valence-electron chi connectivity index (χ3n) is 8.53. The Morgan fingerprint density at radius 3 is 2.83 bits per heavy atom. The molecule has 0 unspecified atom stereocenters. The fourth-order valence-electron chi connectivity index (χ4n) is 6.90. The Kier molecular flexibility index (Phi) is 5.89. The molecular formula is C30H34N4O2. The number of hydrogen-bond donors (Lipinski definition) is 1. The summed E-state index contributed by atoms with van der Waals surface area (Å²) < 4.78 is 7.49. The van der Waals surface area contributed by atoms with Gasteiger partial charge in [0.1, 0.15) is 0 Å². The van der Waals surface area contributed by atoms with Crippen LogP contribution in [0.25, 0.3) is 16.6 Å². The molecule has 1 fully saturated rings. The van der Waals surface area contributed by atoms with E-state index in [0.717, 1.165) is 72.9 Å². The monoisotopic (exact) mass is 482 g/mol. The van der Waals surface area contributed by atoms with Gasteiger partial charge in [-0.05, 0) is 105 Å². The predicted molar refractivity (Wildman–Crippen MR) is 140 cm³/mol. The number of hydrogen-bond acceptors (Lipinski definition) is 5. The Balaban J connectivity index is 1.50. The zero-order valence-electron chi connectivity index (χ0n) is 21.2. The fourth-order valence-corrected chi connectivity index (χ4v) is 6.90. The predicted octanol–water partition coefficient (Wildman–Crippen LogP) is 5.12. The summed E-state index contributed by atoms with van der Waals surface area (Å²) in [5.41, 5.74) is 6.28. The van der Waals surface area contributed by atoms with Crippen LogP contribution in [-0.2, 0) is 23.0 Å². The lowest BCUT2D eigenvalue weighted by Gasteiger charge is -2.50. The number of pyridine rings is 2. The lowest BCUT2D eigenvalue weighted by Crippen LogP contribution is -2.51. The maximum atomic E-state index is 11.4. The molecule has 0 saturated heterocycles. The van der Waals surface area contributed by atoms with Crippen LogP contribution in [0.3, 0.4) is 0 Å². The molecule has 2 aliphatic carbocycles. The van der Waals surface area contributed by atoms with E-state index < -0.39 is 5.60 Å². The highest BCUT2D eigenvalue weighted by Crippen LogP contribution is 2.54. The Morgan fingerprint density at radius 2 is 2.03 bits per heavy atom. The molecule has 0 radical (unpaired) electrons. The first-order valence-corrected chi connectivity index (χ1v) is 13.1. The third-order valence-corrected chi connectivity index (χ3v) is 8.53. The number of methoxy groups -OCH3 is 1. The van der Waals surface area contributed by atoms with Crippen molar-refractivity contribution in [1.29, 1.82) is 0 Å². The van der Waals surface area contributed by atoms with Crippen molar-refractivity contribution in [2.45, 2.75) is 62.9 Å². The summed E-state index contributed by atoms with van der Waals surface area (Å²) in [5, 5.41) is 17.3. The topological polar surface area (TPSA) is 73.1 Å². The van der Waals surface area contributed by atoms with Crippen LogP contribution in [0.15, 0.2) is 61.1 Å². The van der Waals surface area contributed by atoms with E-state index >= 15 is 0 Å². The molecule has 2 aliphatic rings. The second kappa shape index (κ2) is 9.09. The molecule has 0 amide bonds. The summed E-state index contributed by atoms with van der Waals surface area (Å²) in [5.74, 6) is 0.366. The summed E-state index contributed by atoms with van der Waals surface area (Å²) in [6, 6.07) is 15.1. The van der Waals surface area contributed by atoms with Gasteiger partial charge in [0.25, 0.3) is 0 Å². The smallest absolute Gasteiger partial charge is 0.0883 e. The Hall–Kier alpha value is -3.09. The minimum absolute atomic E-state index is 0.0658. The molecule has 3 aromatic heterocycles. The number of fused-ring (bicyclic) bond motifs is 4. The summed E-state index contributed by atoms with van der Waals surface area (Å²) in [4.78, 5) is 9.09. The van der Waals surface area contributed by atoms with Crippen molar-refractivity contribution in [2.24, 2.45) is 5.92 Å². The molecule has 3 heterocycles. The van der Waals surface area contributed by atoms with Crippen LogP contribution in [-0.4, -0.2) is 44.2 Å². The molecule has 0 aliphatic heterocycles. The van der Waals surface area contributed by atoms with Crippen LogP contribution < -0.4 is 0 Å². The molecule has 1 saturated carbocycles. The van der Waals surface area contributed by atoms with Gasteiger partial charge in [-0.3, -0.25) is 9.97 Å². The van der Waals surface area contributed by atoms with Gasteiger partial charge < -0.3 is 9.84 Å². The first kappa shape index (κ1) is 23.3. The average Bonchev–Trinajstić information content (AvgIpc) is 3.23. The number of aromatic nitrogens is 4. The summed E-state index contributed by atoms with van der Waals surface area (Å²) in [6.45, 7) is 2.41. The Bertz CT molecular complexity index is 1380. The second-order valence-corrected chi connectivity index (χ2v) is 10.9. The van der Waals surface area contributed by atoms with Crippen LogP contribution in [0.4, 0.5) is 0 Å². The highest BCUT2D eigenvalue weighted by molar-refractivity contribution is 5.82. The molecule has 36 heavy (non-hydrogen) atoms. The van der Waals surface area contributed by atoms with Crippen molar-refractivity contribution in [2.75, 3.05) is 13.7 Å². The van der Waals surface area contributed by atoms with E-state index in [2.05, 4.69) is 35.3 Å². The first-order valence-electron chi connectivity index (χ1n) is 13.1. The standard InChI is InChI=1S/C30H34N4O2/c1-21-14-26(9-13-31-21)34-28-16-22-6-5-7-24-17-29(35,20-36-2)10-11-30(24,18-25-8-3-4-12-32-25)27(22)15-23(28)19-33-34/h3-4,8-9,12-16,19,24,35H,5-7,10-11,17-18,20H2,1-2H3/t24-,29+,30-/m1/s1. The lowest BCUT2D eigenvalue weighted by atomic mass is 9.56. The lowest BCUT2D eigenvalue weighted by molar-refractivity contribution is -0.0899. The van der Waals surface area contributed by atoms with Crippen LogP contribution in [0.2, 0.25) is 0 Å². The quantitative estimate of drug-likeness (QED) is 0.428. The molecule has 1 N–H and O–H groups in total. The minimum atomic E-state index is -0.758. The molecule has 1 aromatic carbocycles. The minimum Gasteiger partial charge on any atom is -0.387 e. The van der Waals surface area contributed by atoms with Gasteiger partial charge in [-0.1, -0.05) is 6.07 Å². The molecule has 3 atom stereocenters. The third kappa shape index (κ3) is 4.02. The fraction of sp³-hybridized carbons (Fsp3) is 0.433. The maximum absolute atomic E-state index is 11.4. The molecule has 6 heteroatoms. The van der Waals surface area contributed by atoms with Crippen LogP contribution in [0.5, 0.6) is 0 Å². The van der Waals surface area contributed by atoms with Gasteiger partial charge in [0.15, 0.2) is 0 Å². The van der Waals surface area contributed by atoms with Gasteiger partial charge in [-0.15, -0.1) is 0 Å². The van der Waals surface area contributed by atoms with E-state index in [1.54, 1.807) is 7.11 Å².